The summed E-state index contributed by atoms with van der Waals surface area (Å²) in [6.45, 7) is 8.49. The average Bonchev–Trinajstić information content (AvgIpc) is 2.75. The lowest BCUT2D eigenvalue weighted by Crippen LogP contribution is -2.15. The minimum atomic E-state index is -0.360. The van der Waals surface area contributed by atoms with Gasteiger partial charge < -0.3 is 9.30 Å². The summed E-state index contributed by atoms with van der Waals surface area (Å²) < 4.78 is 7.17. The zero-order chi connectivity index (χ0) is 17.4. The van der Waals surface area contributed by atoms with Crippen molar-refractivity contribution >= 4 is 28.8 Å². The third-order valence-electron chi connectivity index (χ3n) is 3.58. The molecule has 0 aliphatic carbocycles. The standard InChI is InChI=1S/C17H21ClN2O2S/c1-10-14(17(2,3)4)23-16(20(10)5)19-15(21)12-9-11(18)7-8-13(12)22-6/h7-9H,1-6H3. The van der Waals surface area contributed by atoms with E-state index in [1.165, 1.54) is 23.3 Å². The van der Waals surface area contributed by atoms with Crippen LogP contribution in [-0.4, -0.2) is 17.6 Å². The van der Waals surface area contributed by atoms with Crippen molar-refractivity contribution in [3.8, 4) is 5.75 Å². The van der Waals surface area contributed by atoms with E-state index in [-0.39, 0.29) is 11.3 Å². The molecule has 0 aliphatic heterocycles. The van der Waals surface area contributed by atoms with Crippen LogP contribution in [0.25, 0.3) is 0 Å². The van der Waals surface area contributed by atoms with Gasteiger partial charge >= 0.3 is 0 Å². The molecule has 23 heavy (non-hydrogen) atoms. The average molecular weight is 353 g/mol. The molecular formula is C17H21ClN2O2S. The second-order valence-electron chi connectivity index (χ2n) is 6.37. The number of methoxy groups -OCH3 is 1. The molecule has 0 N–H and O–H groups in total. The number of amides is 1. The van der Waals surface area contributed by atoms with Gasteiger partial charge in [0.25, 0.3) is 5.91 Å². The SMILES string of the molecule is COc1ccc(Cl)cc1C(=O)N=c1sc(C(C)(C)C)c(C)n1C. The fourth-order valence-electron chi connectivity index (χ4n) is 2.32. The molecule has 124 valence electrons. The molecule has 0 aliphatic rings. The number of benzene rings is 1. The highest BCUT2D eigenvalue weighted by Crippen LogP contribution is 2.28. The van der Waals surface area contributed by atoms with Crippen LogP contribution in [0, 0.1) is 6.92 Å². The number of rotatable bonds is 2. The van der Waals surface area contributed by atoms with Crippen LogP contribution in [0.15, 0.2) is 23.2 Å². The number of carbonyl (C=O) groups is 1. The van der Waals surface area contributed by atoms with Crippen molar-refractivity contribution in [3.63, 3.8) is 0 Å². The van der Waals surface area contributed by atoms with Gasteiger partial charge in [-0.3, -0.25) is 4.79 Å². The van der Waals surface area contributed by atoms with E-state index >= 15 is 0 Å². The van der Waals surface area contributed by atoms with Gasteiger partial charge in [-0.25, -0.2) is 0 Å². The van der Waals surface area contributed by atoms with Gasteiger partial charge in [-0.05, 0) is 30.5 Å². The summed E-state index contributed by atoms with van der Waals surface area (Å²) in [5.74, 6) is 0.108. The van der Waals surface area contributed by atoms with E-state index in [9.17, 15) is 4.79 Å². The van der Waals surface area contributed by atoms with Gasteiger partial charge in [-0.15, -0.1) is 11.3 Å². The highest BCUT2D eigenvalue weighted by molar-refractivity contribution is 7.09. The normalized spacial score (nSPS) is 12.6. The van der Waals surface area contributed by atoms with Crippen molar-refractivity contribution in [2.45, 2.75) is 33.1 Å². The first-order valence-electron chi connectivity index (χ1n) is 7.24. The monoisotopic (exact) mass is 352 g/mol. The molecule has 0 atom stereocenters. The zero-order valence-electron chi connectivity index (χ0n) is 14.2. The minimum absolute atomic E-state index is 0.0110. The number of hydrogen-bond acceptors (Lipinski definition) is 3. The predicted molar refractivity (Wildman–Crippen MR) is 94.6 cm³/mol. The number of nitrogens with zero attached hydrogens (tertiary/aromatic N) is 2. The Balaban J connectivity index is 2.55. The van der Waals surface area contributed by atoms with E-state index in [1.807, 2.05) is 18.5 Å². The van der Waals surface area contributed by atoms with Gasteiger partial charge in [0.05, 0.1) is 12.7 Å². The van der Waals surface area contributed by atoms with Gasteiger partial charge in [0.1, 0.15) is 5.75 Å². The van der Waals surface area contributed by atoms with Crippen molar-refractivity contribution in [3.05, 3.63) is 44.2 Å². The highest BCUT2D eigenvalue weighted by Gasteiger charge is 2.21. The van der Waals surface area contributed by atoms with E-state index in [4.69, 9.17) is 16.3 Å². The summed E-state index contributed by atoms with van der Waals surface area (Å²) in [6.07, 6.45) is 0. The fourth-order valence-corrected chi connectivity index (χ4v) is 3.67. The summed E-state index contributed by atoms with van der Waals surface area (Å²) in [5.41, 5.74) is 1.49. The van der Waals surface area contributed by atoms with Crippen molar-refractivity contribution in [2.24, 2.45) is 12.0 Å². The maximum atomic E-state index is 12.6. The van der Waals surface area contributed by atoms with Crippen LogP contribution in [0.5, 0.6) is 5.75 Å². The fraction of sp³-hybridized carbons (Fsp3) is 0.412. The lowest BCUT2D eigenvalue weighted by Gasteiger charge is -2.17. The number of thiazole rings is 1. The maximum absolute atomic E-state index is 12.6. The molecule has 1 aromatic carbocycles. The smallest absolute Gasteiger partial charge is 0.283 e. The topological polar surface area (TPSA) is 43.6 Å². The molecule has 2 rings (SSSR count). The summed E-state index contributed by atoms with van der Waals surface area (Å²) in [5, 5.41) is 0.478. The number of ether oxygens (including phenoxy) is 1. The van der Waals surface area contributed by atoms with Crippen LogP contribution in [-0.2, 0) is 12.5 Å². The maximum Gasteiger partial charge on any atom is 0.283 e. The molecule has 1 aromatic heterocycles. The molecule has 0 fully saturated rings. The summed E-state index contributed by atoms with van der Waals surface area (Å²) in [4.78, 5) is 18.7. The molecule has 2 aromatic rings. The number of halogens is 1. The van der Waals surface area contributed by atoms with E-state index < -0.39 is 0 Å². The van der Waals surface area contributed by atoms with Gasteiger partial charge in [0.15, 0.2) is 4.80 Å². The van der Waals surface area contributed by atoms with Crippen LogP contribution in [0.3, 0.4) is 0 Å². The van der Waals surface area contributed by atoms with Gasteiger partial charge in [0.2, 0.25) is 0 Å². The Hall–Kier alpha value is -1.59. The molecule has 0 saturated heterocycles. The molecule has 0 radical (unpaired) electrons. The Morgan fingerprint density at radius 1 is 1.35 bits per heavy atom. The molecule has 1 heterocycles. The van der Waals surface area contributed by atoms with E-state index in [0.29, 0.717) is 21.1 Å². The van der Waals surface area contributed by atoms with Crippen molar-refractivity contribution in [1.29, 1.82) is 0 Å². The quantitative estimate of drug-likeness (QED) is 0.816. The Morgan fingerprint density at radius 3 is 2.52 bits per heavy atom. The number of carbonyl (C=O) groups excluding carboxylic acids is 1. The molecule has 0 saturated carbocycles. The minimum Gasteiger partial charge on any atom is -0.496 e. The van der Waals surface area contributed by atoms with E-state index in [2.05, 4.69) is 25.8 Å². The van der Waals surface area contributed by atoms with Crippen LogP contribution >= 0.6 is 22.9 Å². The molecular weight excluding hydrogens is 332 g/mol. The molecule has 0 unspecified atom stereocenters. The van der Waals surface area contributed by atoms with Crippen LogP contribution < -0.4 is 9.54 Å². The number of hydrogen-bond donors (Lipinski definition) is 0. The first-order valence-corrected chi connectivity index (χ1v) is 8.44. The molecule has 0 spiro atoms. The number of aromatic nitrogens is 1. The van der Waals surface area contributed by atoms with Crippen molar-refractivity contribution < 1.29 is 9.53 Å². The van der Waals surface area contributed by atoms with Crippen LogP contribution in [0.1, 0.15) is 41.7 Å². The third kappa shape index (κ3) is 3.67. The predicted octanol–water partition coefficient (Wildman–Crippen LogP) is 4.10. The molecule has 0 bridgehead atoms. The summed E-state index contributed by atoms with van der Waals surface area (Å²) in [7, 11) is 3.44. The van der Waals surface area contributed by atoms with Crippen molar-refractivity contribution in [1.82, 2.24) is 4.57 Å². The summed E-state index contributed by atoms with van der Waals surface area (Å²) >= 11 is 7.52. The Morgan fingerprint density at radius 2 is 2.00 bits per heavy atom. The first-order chi connectivity index (χ1) is 10.6. The Bertz CT molecular complexity index is 813. The largest absolute Gasteiger partial charge is 0.496 e. The second-order valence-corrected chi connectivity index (χ2v) is 7.78. The zero-order valence-corrected chi connectivity index (χ0v) is 15.8. The van der Waals surface area contributed by atoms with Gasteiger partial charge in [0, 0.05) is 22.6 Å². The Labute approximate surface area is 145 Å². The van der Waals surface area contributed by atoms with E-state index in [1.54, 1.807) is 18.2 Å². The molecule has 4 nitrogen and oxygen atoms in total. The lowest BCUT2D eigenvalue weighted by atomic mass is 9.93. The highest BCUT2D eigenvalue weighted by atomic mass is 35.5. The van der Waals surface area contributed by atoms with Gasteiger partial charge in [-0.1, -0.05) is 32.4 Å². The van der Waals surface area contributed by atoms with Gasteiger partial charge in [-0.2, -0.15) is 4.99 Å². The van der Waals surface area contributed by atoms with Crippen LogP contribution in [0.2, 0.25) is 5.02 Å². The lowest BCUT2D eigenvalue weighted by molar-refractivity contribution is 0.0995. The van der Waals surface area contributed by atoms with Crippen LogP contribution in [0.4, 0.5) is 0 Å². The van der Waals surface area contributed by atoms with E-state index in [0.717, 1.165) is 5.69 Å². The third-order valence-corrected chi connectivity index (χ3v) is 5.48. The first kappa shape index (κ1) is 17.8. The Kier molecular flexibility index (Phi) is 5.01. The summed E-state index contributed by atoms with van der Waals surface area (Å²) in [6, 6.07) is 4.94. The molecule has 1 amide bonds. The van der Waals surface area contributed by atoms with Crippen molar-refractivity contribution in [2.75, 3.05) is 7.11 Å². The molecule has 6 heteroatoms. The second kappa shape index (κ2) is 6.49.